The highest BCUT2D eigenvalue weighted by Gasteiger charge is 2.33. The number of nitrogens with one attached hydrogen (secondary N) is 1. The van der Waals surface area contributed by atoms with Crippen LogP contribution in [0.3, 0.4) is 0 Å². The molecule has 7 heteroatoms. The highest BCUT2D eigenvalue weighted by atomic mass is 16.3. The smallest absolute Gasteiger partial charge is 0.239 e. The van der Waals surface area contributed by atoms with Gasteiger partial charge in [-0.25, -0.2) is 0 Å². The monoisotopic (exact) mass is 324 g/mol. The summed E-state index contributed by atoms with van der Waals surface area (Å²) in [5.74, 6) is 0.314. The zero-order valence-corrected chi connectivity index (χ0v) is 13.7. The van der Waals surface area contributed by atoms with Gasteiger partial charge in [0.25, 0.3) is 0 Å². The molecule has 0 saturated carbocycles. The van der Waals surface area contributed by atoms with Crippen molar-refractivity contribution in [3.63, 3.8) is 0 Å². The van der Waals surface area contributed by atoms with Gasteiger partial charge in [-0.3, -0.25) is 14.5 Å². The van der Waals surface area contributed by atoms with E-state index >= 15 is 0 Å². The van der Waals surface area contributed by atoms with Gasteiger partial charge in [0.05, 0.1) is 18.7 Å². The summed E-state index contributed by atoms with van der Waals surface area (Å²) in [6.45, 7) is 5.60. The van der Waals surface area contributed by atoms with Crippen LogP contribution in [-0.2, 0) is 9.59 Å². The molecule has 3 fully saturated rings. The summed E-state index contributed by atoms with van der Waals surface area (Å²) < 4.78 is 0. The van der Waals surface area contributed by atoms with Gasteiger partial charge >= 0.3 is 0 Å². The Morgan fingerprint density at radius 3 is 2.26 bits per heavy atom. The Morgan fingerprint density at radius 1 is 0.957 bits per heavy atom. The molecule has 3 aliphatic heterocycles. The molecule has 0 aliphatic carbocycles. The molecule has 3 aliphatic rings. The zero-order valence-electron chi connectivity index (χ0n) is 13.7. The number of nitrogens with zero attached hydrogens (tertiary/aromatic N) is 3. The summed E-state index contributed by atoms with van der Waals surface area (Å²) in [4.78, 5) is 30.7. The molecule has 0 aromatic rings. The van der Waals surface area contributed by atoms with Crippen molar-refractivity contribution in [3.05, 3.63) is 0 Å². The molecule has 3 saturated heterocycles. The van der Waals surface area contributed by atoms with Crippen LogP contribution in [0.4, 0.5) is 0 Å². The van der Waals surface area contributed by atoms with E-state index in [9.17, 15) is 14.7 Å². The highest BCUT2D eigenvalue weighted by molar-refractivity contribution is 5.82. The molecule has 2 unspecified atom stereocenters. The Balaban J connectivity index is 1.41. The van der Waals surface area contributed by atoms with Crippen LogP contribution in [0.25, 0.3) is 0 Å². The number of piperazine rings is 1. The molecule has 3 heterocycles. The third-order valence-corrected chi connectivity index (χ3v) is 5.16. The van der Waals surface area contributed by atoms with E-state index in [0.717, 1.165) is 39.0 Å². The molecule has 2 atom stereocenters. The summed E-state index contributed by atoms with van der Waals surface area (Å²) in [5, 5.41) is 12.6. The van der Waals surface area contributed by atoms with E-state index in [1.54, 1.807) is 0 Å². The number of aliphatic hydroxyl groups is 1. The second-order valence-electron chi connectivity index (χ2n) is 6.89. The molecule has 7 nitrogen and oxygen atoms in total. The first-order valence-corrected chi connectivity index (χ1v) is 8.84. The molecule has 2 N–H and O–H groups in total. The lowest BCUT2D eigenvalue weighted by Crippen LogP contribution is -2.54. The number of likely N-dealkylation sites (tertiary alicyclic amines) is 1. The number of piperidine rings is 1. The maximum atomic E-state index is 12.4. The van der Waals surface area contributed by atoms with Gasteiger partial charge in [0.2, 0.25) is 11.8 Å². The average Bonchev–Trinajstić information content (AvgIpc) is 3.02. The topological polar surface area (TPSA) is 76.1 Å². The van der Waals surface area contributed by atoms with E-state index in [4.69, 9.17) is 0 Å². The number of aliphatic hydroxyl groups excluding tert-OH is 1. The molecule has 0 radical (unpaired) electrons. The fraction of sp³-hybridized carbons (Fsp3) is 0.875. The van der Waals surface area contributed by atoms with Gasteiger partial charge in [-0.05, 0) is 25.7 Å². The van der Waals surface area contributed by atoms with Gasteiger partial charge < -0.3 is 20.2 Å². The lowest BCUT2D eigenvalue weighted by atomic mass is 10.1. The number of carbonyl (C=O) groups excluding carboxylic acids is 2. The van der Waals surface area contributed by atoms with E-state index in [-0.39, 0.29) is 17.9 Å². The Kier molecular flexibility index (Phi) is 5.50. The summed E-state index contributed by atoms with van der Waals surface area (Å²) in [5.41, 5.74) is 0. The van der Waals surface area contributed by atoms with E-state index in [1.807, 2.05) is 9.80 Å². The summed E-state index contributed by atoms with van der Waals surface area (Å²) in [7, 11) is 0. The molecule has 0 bridgehead atoms. The minimum atomic E-state index is -0.410. The Bertz CT molecular complexity index is 431. The lowest BCUT2D eigenvalue weighted by Gasteiger charge is -2.37. The Labute approximate surface area is 137 Å². The van der Waals surface area contributed by atoms with Gasteiger partial charge in [-0.2, -0.15) is 0 Å². The highest BCUT2D eigenvalue weighted by Crippen LogP contribution is 2.13. The van der Waals surface area contributed by atoms with Crippen LogP contribution in [0.5, 0.6) is 0 Å². The molecule has 0 spiro atoms. The van der Waals surface area contributed by atoms with Gasteiger partial charge in [-0.1, -0.05) is 0 Å². The number of hydrogen-bond donors (Lipinski definition) is 2. The zero-order chi connectivity index (χ0) is 16.2. The molecular weight excluding hydrogens is 296 g/mol. The van der Waals surface area contributed by atoms with Crippen LogP contribution in [0.1, 0.15) is 25.7 Å². The van der Waals surface area contributed by atoms with Gasteiger partial charge in [0, 0.05) is 45.8 Å². The van der Waals surface area contributed by atoms with Gasteiger partial charge in [-0.15, -0.1) is 0 Å². The van der Waals surface area contributed by atoms with E-state index in [1.165, 1.54) is 6.42 Å². The second-order valence-corrected chi connectivity index (χ2v) is 6.89. The van der Waals surface area contributed by atoms with Crippen molar-refractivity contribution >= 4 is 11.8 Å². The first-order chi connectivity index (χ1) is 11.1. The fourth-order valence-electron chi connectivity index (χ4n) is 3.69. The van der Waals surface area contributed by atoms with Crippen molar-refractivity contribution < 1.29 is 14.7 Å². The number of rotatable bonds is 3. The van der Waals surface area contributed by atoms with Crippen LogP contribution in [0.2, 0.25) is 0 Å². The van der Waals surface area contributed by atoms with Crippen LogP contribution < -0.4 is 5.32 Å². The summed E-state index contributed by atoms with van der Waals surface area (Å²) in [6, 6.07) is -0.244. The first-order valence-electron chi connectivity index (χ1n) is 8.84. The molecule has 2 amide bonds. The van der Waals surface area contributed by atoms with Crippen molar-refractivity contribution in [2.75, 3.05) is 52.4 Å². The van der Waals surface area contributed by atoms with Crippen molar-refractivity contribution in [2.24, 2.45) is 0 Å². The minimum absolute atomic E-state index is 0.0866. The van der Waals surface area contributed by atoms with Crippen molar-refractivity contribution in [1.29, 1.82) is 0 Å². The molecule has 23 heavy (non-hydrogen) atoms. The number of carbonyl (C=O) groups is 2. The molecular formula is C16H28N4O3. The number of amides is 2. The maximum absolute atomic E-state index is 12.4. The average molecular weight is 324 g/mol. The molecule has 0 aromatic heterocycles. The standard InChI is InChI=1S/C16H28N4O3/c21-13-10-14(17-11-13)16(23)20-8-6-18(7-9-20)12-15(22)19-4-2-1-3-5-19/h13-14,17,21H,1-12H2. The van der Waals surface area contributed by atoms with Gasteiger partial charge in [0.1, 0.15) is 0 Å². The van der Waals surface area contributed by atoms with Crippen LogP contribution in [-0.4, -0.2) is 96.1 Å². The van der Waals surface area contributed by atoms with Crippen LogP contribution in [0, 0.1) is 0 Å². The summed E-state index contributed by atoms with van der Waals surface area (Å²) in [6.07, 6.45) is 3.57. The maximum Gasteiger partial charge on any atom is 0.239 e. The minimum Gasteiger partial charge on any atom is -0.392 e. The van der Waals surface area contributed by atoms with Crippen molar-refractivity contribution in [2.45, 2.75) is 37.8 Å². The molecule has 3 rings (SSSR count). The largest absolute Gasteiger partial charge is 0.392 e. The quantitative estimate of drug-likeness (QED) is 0.687. The first kappa shape index (κ1) is 16.7. The predicted molar refractivity (Wildman–Crippen MR) is 85.9 cm³/mol. The van der Waals surface area contributed by atoms with E-state index in [0.29, 0.717) is 32.6 Å². The number of hydrogen-bond acceptors (Lipinski definition) is 5. The third kappa shape index (κ3) is 4.22. The van der Waals surface area contributed by atoms with Crippen molar-refractivity contribution in [1.82, 2.24) is 20.0 Å². The third-order valence-electron chi connectivity index (χ3n) is 5.16. The van der Waals surface area contributed by atoms with E-state index in [2.05, 4.69) is 10.2 Å². The predicted octanol–water partition coefficient (Wildman–Crippen LogP) is -1.13. The molecule has 130 valence electrons. The van der Waals surface area contributed by atoms with Crippen LogP contribution in [0.15, 0.2) is 0 Å². The normalized spacial score (nSPS) is 29.8. The fourth-order valence-corrected chi connectivity index (χ4v) is 3.69. The Morgan fingerprint density at radius 2 is 1.65 bits per heavy atom. The Hall–Kier alpha value is -1.18. The van der Waals surface area contributed by atoms with E-state index < -0.39 is 6.10 Å². The number of β-amino-alcohol motifs (C(OH)–C–C–N with tert-alkyl or cyclic N) is 1. The van der Waals surface area contributed by atoms with Gasteiger partial charge in [0.15, 0.2) is 0 Å². The molecule has 0 aromatic carbocycles. The SMILES string of the molecule is O=C(CN1CCN(C(=O)C2CC(O)CN2)CC1)N1CCCCC1. The lowest BCUT2D eigenvalue weighted by molar-refractivity contribution is -0.136. The summed E-state index contributed by atoms with van der Waals surface area (Å²) >= 11 is 0. The van der Waals surface area contributed by atoms with Crippen molar-refractivity contribution in [3.8, 4) is 0 Å². The van der Waals surface area contributed by atoms with Crippen LogP contribution >= 0.6 is 0 Å². The second kappa shape index (κ2) is 7.59.